The van der Waals surface area contributed by atoms with Crippen LogP contribution in [0.3, 0.4) is 0 Å². The van der Waals surface area contributed by atoms with Crippen LogP contribution in [0.4, 0.5) is 5.82 Å². The van der Waals surface area contributed by atoms with Crippen LogP contribution < -0.4 is 5.32 Å². The Kier molecular flexibility index (Phi) is 7.68. The first kappa shape index (κ1) is 26.2. The van der Waals surface area contributed by atoms with Crippen molar-refractivity contribution in [2.75, 3.05) is 18.5 Å². The predicted octanol–water partition coefficient (Wildman–Crippen LogP) is 0.360. The Hall–Kier alpha value is -1.85. The van der Waals surface area contributed by atoms with E-state index < -0.39 is 50.7 Å². The molecule has 1 aliphatic heterocycles. The van der Waals surface area contributed by atoms with Gasteiger partial charge in [0.25, 0.3) is 5.34 Å². The van der Waals surface area contributed by atoms with E-state index in [9.17, 15) is 29.7 Å². The van der Waals surface area contributed by atoms with Gasteiger partial charge in [-0.05, 0) is 31.4 Å². The number of aromatic nitrogens is 4. The maximum absolute atomic E-state index is 11.9. The van der Waals surface area contributed by atoms with Crippen LogP contribution in [0.1, 0.15) is 38.8 Å². The fourth-order valence-corrected chi connectivity index (χ4v) is 5.16. The molecule has 0 radical (unpaired) electrons. The molecule has 0 spiro atoms. The van der Waals surface area contributed by atoms with Gasteiger partial charge in [-0.1, -0.05) is 18.8 Å². The summed E-state index contributed by atoms with van der Waals surface area (Å²) in [7, 11) is -5.04. The molecule has 13 nitrogen and oxygen atoms in total. The molecule has 2 aromatic heterocycles. The molecule has 3 heterocycles. The number of ether oxygens (including phenoxy) is 2. The van der Waals surface area contributed by atoms with E-state index >= 15 is 0 Å². The first-order chi connectivity index (χ1) is 16.6. The lowest BCUT2D eigenvalue weighted by atomic mass is 10.1. The normalized spacial score (nSPS) is 27.1. The first-order valence-corrected chi connectivity index (χ1v) is 13.0. The van der Waals surface area contributed by atoms with Crippen molar-refractivity contribution in [2.24, 2.45) is 0 Å². The zero-order chi connectivity index (χ0) is 25.4. The van der Waals surface area contributed by atoms with Gasteiger partial charge in [0.2, 0.25) is 5.28 Å². The number of halogens is 1. The van der Waals surface area contributed by atoms with Gasteiger partial charge in [0.15, 0.2) is 11.9 Å². The summed E-state index contributed by atoms with van der Waals surface area (Å²) in [6.07, 6.45) is 0.312. The molecule has 0 aromatic carbocycles. The minimum Gasteiger partial charge on any atom is -0.392 e. The quantitative estimate of drug-likeness (QED) is 0.156. The Bertz CT molecular complexity index is 1180. The molecule has 4 rings (SSSR count). The van der Waals surface area contributed by atoms with Gasteiger partial charge in [0.05, 0.1) is 24.8 Å². The van der Waals surface area contributed by atoms with Gasteiger partial charge in [-0.3, -0.25) is 4.57 Å². The number of aliphatic hydroxyl groups excluding tert-OH is 3. The minimum absolute atomic E-state index is 0.0415. The smallest absolute Gasteiger partial charge is 0.372 e. The Morgan fingerprint density at radius 3 is 2.66 bits per heavy atom. The Morgan fingerprint density at radius 1 is 1.31 bits per heavy atom. The zero-order valence-corrected chi connectivity index (χ0v) is 20.4. The fourth-order valence-electron chi connectivity index (χ4n) is 4.31. The summed E-state index contributed by atoms with van der Waals surface area (Å²) in [6, 6.07) is 0.247. The van der Waals surface area contributed by atoms with Crippen molar-refractivity contribution in [3.8, 4) is 11.8 Å². The van der Waals surface area contributed by atoms with E-state index in [4.69, 9.17) is 21.1 Å². The number of aliphatic hydroxyl groups is 3. The molecule has 6 N–H and O–H groups in total. The molecule has 2 aliphatic rings. The number of fused-ring (bicyclic) bond motifs is 1. The Labute approximate surface area is 205 Å². The van der Waals surface area contributed by atoms with Crippen molar-refractivity contribution in [1.82, 2.24) is 19.7 Å². The van der Waals surface area contributed by atoms with E-state index in [1.54, 1.807) is 0 Å². The summed E-state index contributed by atoms with van der Waals surface area (Å²) in [6.45, 7) is -0.350. The summed E-state index contributed by atoms with van der Waals surface area (Å²) in [5.74, 6) is 5.02. The van der Waals surface area contributed by atoms with Crippen molar-refractivity contribution in [1.29, 1.82) is 0 Å². The summed E-state index contributed by atoms with van der Waals surface area (Å²) in [5.41, 5.74) is 0.264. The summed E-state index contributed by atoms with van der Waals surface area (Å²) < 4.78 is 24.2. The van der Waals surface area contributed by atoms with Gasteiger partial charge in [-0.2, -0.15) is 15.1 Å². The van der Waals surface area contributed by atoms with E-state index in [2.05, 4.69) is 32.2 Å². The summed E-state index contributed by atoms with van der Waals surface area (Å²) in [4.78, 5) is 27.8. The van der Waals surface area contributed by atoms with E-state index in [1.807, 2.05) is 0 Å². The van der Waals surface area contributed by atoms with Crippen molar-refractivity contribution < 1.29 is 39.1 Å². The maximum atomic E-state index is 11.9. The lowest BCUT2D eigenvalue weighted by Gasteiger charge is -2.29. The summed E-state index contributed by atoms with van der Waals surface area (Å²) in [5, 5.41) is 36.4. The number of rotatable bonds is 8. The minimum atomic E-state index is -5.04. The van der Waals surface area contributed by atoms with Crippen molar-refractivity contribution in [3.05, 3.63) is 11.5 Å². The SMILES string of the molecule is CC#C[C@](CO)(OC[C@H]1O[C@@H](n2ncc3c(NC4CCCC4)nc(Cl)nc32)[C@H](O)[C@@H]1O)P(=O)(O)O. The molecule has 5 atom stereocenters. The molecule has 35 heavy (non-hydrogen) atoms. The molecule has 0 bridgehead atoms. The van der Waals surface area contributed by atoms with Crippen LogP contribution >= 0.6 is 19.2 Å². The fraction of sp³-hybridized carbons (Fsp3) is 0.650. The third kappa shape index (κ3) is 5.04. The van der Waals surface area contributed by atoms with Crippen LogP contribution in [0, 0.1) is 11.8 Å². The van der Waals surface area contributed by atoms with Crippen LogP contribution in [-0.4, -0.2) is 87.8 Å². The second-order valence-corrected chi connectivity index (χ2v) is 10.7. The van der Waals surface area contributed by atoms with E-state index in [0.29, 0.717) is 11.2 Å². The molecule has 15 heteroatoms. The second-order valence-electron chi connectivity index (χ2n) is 8.51. The van der Waals surface area contributed by atoms with Crippen LogP contribution in [0.25, 0.3) is 11.0 Å². The zero-order valence-electron chi connectivity index (χ0n) is 18.8. The lowest BCUT2D eigenvalue weighted by molar-refractivity contribution is -0.0942. The lowest BCUT2D eigenvalue weighted by Crippen LogP contribution is -2.41. The third-order valence-electron chi connectivity index (χ3n) is 6.19. The van der Waals surface area contributed by atoms with Gasteiger partial charge in [-0.25, -0.2) is 4.68 Å². The number of anilines is 1. The van der Waals surface area contributed by atoms with Crippen LogP contribution in [-0.2, 0) is 14.0 Å². The third-order valence-corrected chi connectivity index (χ3v) is 7.68. The van der Waals surface area contributed by atoms with Crippen LogP contribution in [0.15, 0.2) is 6.20 Å². The van der Waals surface area contributed by atoms with E-state index in [0.717, 1.165) is 25.7 Å². The molecule has 0 amide bonds. The Morgan fingerprint density at radius 2 is 2.03 bits per heavy atom. The first-order valence-electron chi connectivity index (χ1n) is 11.0. The average molecular weight is 532 g/mol. The van der Waals surface area contributed by atoms with Gasteiger partial charge in [0.1, 0.15) is 24.1 Å². The standard InChI is InChI=1S/C20H27ClN5O8P/c1-2-7-20(10-27,35(30,31)32)33-9-13-14(28)15(29)18(34-13)26-17-12(8-22-26)16(24-19(21)25-17)23-11-5-3-4-6-11/h8,11,13-15,18,27-29H,3-6,9-10H2,1H3,(H,23,24,25)(H2,30,31,32)/t13-,14-,15-,18-,20+/m1/s1. The van der Waals surface area contributed by atoms with Crippen molar-refractivity contribution >= 4 is 36.0 Å². The topological polar surface area (TPSA) is 192 Å². The maximum Gasteiger partial charge on any atom is 0.372 e. The van der Waals surface area contributed by atoms with Crippen molar-refractivity contribution in [3.63, 3.8) is 0 Å². The number of hydrogen-bond donors (Lipinski definition) is 6. The highest BCUT2D eigenvalue weighted by molar-refractivity contribution is 7.53. The van der Waals surface area contributed by atoms with Gasteiger partial charge >= 0.3 is 7.60 Å². The molecule has 192 valence electrons. The van der Waals surface area contributed by atoms with Crippen molar-refractivity contribution in [2.45, 2.75) is 68.5 Å². The Balaban J connectivity index is 1.57. The highest BCUT2D eigenvalue weighted by Crippen LogP contribution is 2.51. The molecule has 2 fully saturated rings. The molecule has 1 saturated carbocycles. The average Bonchev–Trinajstić information content (AvgIpc) is 3.52. The van der Waals surface area contributed by atoms with Crippen LogP contribution in [0.2, 0.25) is 5.28 Å². The highest BCUT2D eigenvalue weighted by Gasteiger charge is 2.50. The monoisotopic (exact) mass is 531 g/mol. The molecule has 1 aliphatic carbocycles. The number of hydrogen-bond acceptors (Lipinski definition) is 10. The van der Waals surface area contributed by atoms with E-state index in [1.165, 1.54) is 17.8 Å². The molecular weight excluding hydrogens is 505 g/mol. The number of nitrogens with zero attached hydrogens (tertiary/aromatic N) is 4. The number of nitrogens with one attached hydrogen (secondary N) is 1. The summed E-state index contributed by atoms with van der Waals surface area (Å²) >= 11 is 6.14. The predicted molar refractivity (Wildman–Crippen MR) is 123 cm³/mol. The second kappa shape index (κ2) is 10.3. The van der Waals surface area contributed by atoms with E-state index in [-0.39, 0.29) is 17.0 Å². The molecule has 1 saturated heterocycles. The highest BCUT2D eigenvalue weighted by atomic mass is 35.5. The molecule has 0 unspecified atom stereocenters. The van der Waals surface area contributed by atoms with Gasteiger partial charge in [-0.15, -0.1) is 5.92 Å². The van der Waals surface area contributed by atoms with Gasteiger partial charge in [0, 0.05) is 6.04 Å². The van der Waals surface area contributed by atoms with Gasteiger partial charge < -0.3 is 39.9 Å². The van der Waals surface area contributed by atoms with Crippen LogP contribution in [0.5, 0.6) is 0 Å². The molecular formula is C20H27ClN5O8P. The largest absolute Gasteiger partial charge is 0.392 e. The molecule has 2 aromatic rings.